The molecule has 0 atom stereocenters. The number of halogens is 1. The molecule has 0 fully saturated rings. The quantitative estimate of drug-likeness (QED) is 0.774. The predicted molar refractivity (Wildman–Crippen MR) is 85.9 cm³/mol. The summed E-state index contributed by atoms with van der Waals surface area (Å²) in [5.74, 6) is -1.70. The number of nitrogens with two attached hydrogens (primary N) is 1. The van der Waals surface area contributed by atoms with Crippen molar-refractivity contribution >= 4 is 5.91 Å². The highest BCUT2D eigenvalue weighted by atomic mass is 19.1. The van der Waals surface area contributed by atoms with Crippen LogP contribution in [-0.2, 0) is 12.1 Å². The number of rotatable bonds is 4. The van der Waals surface area contributed by atoms with Crippen LogP contribution in [0.4, 0.5) is 4.39 Å². The van der Waals surface area contributed by atoms with Crippen LogP contribution in [0.1, 0.15) is 35.7 Å². The molecule has 0 unspecified atom stereocenters. The molecule has 128 valence electrons. The van der Waals surface area contributed by atoms with Gasteiger partial charge < -0.3 is 20.7 Å². The summed E-state index contributed by atoms with van der Waals surface area (Å²) in [7, 11) is 1.49. The summed E-state index contributed by atoms with van der Waals surface area (Å²) in [6, 6.07) is 5.65. The lowest BCUT2D eigenvalue weighted by Gasteiger charge is -2.20. The Kier molecular flexibility index (Phi) is 4.70. The number of nitrogens with one attached hydrogen (secondary N) is 1. The topological polar surface area (TPSA) is 112 Å². The lowest BCUT2D eigenvalue weighted by Crippen LogP contribution is -2.36. The van der Waals surface area contributed by atoms with Gasteiger partial charge in [-0.15, -0.1) is 0 Å². The van der Waals surface area contributed by atoms with Crippen LogP contribution in [0.25, 0.3) is 0 Å². The lowest BCUT2D eigenvalue weighted by molar-refractivity contribution is 0.0774. The van der Waals surface area contributed by atoms with E-state index in [1.165, 1.54) is 24.1 Å². The number of hydrogen-bond acceptors (Lipinski definition) is 5. The van der Waals surface area contributed by atoms with Gasteiger partial charge in [-0.05, 0) is 31.5 Å². The Morgan fingerprint density at radius 2 is 1.96 bits per heavy atom. The standard InChI is InChI=1S/C16H19FN4O3/c1-16(2,18)15-19-11(12(22)13(23)20-15)14(24)21(3)8-9-4-6-10(17)7-5-9/h4-7,22H,8,18H2,1-3H3,(H,19,20,23). The number of benzene rings is 1. The first-order chi connectivity index (χ1) is 11.1. The smallest absolute Gasteiger partial charge is 0.293 e. The second-order valence-corrected chi connectivity index (χ2v) is 6.12. The van der Waals surface area contributed by atoms with E-state index in [4.69, 9.17) is 5.73 Å². The van der Waals surface area contributed by atoms with Gasteiger partial charge in [-0.1, -0.05) is 12.1 Å². The van der Waals surface area contributed by atoms with Crippen molar-refractivity contribution < 1.29 is 14.3 Å². The van der Waals surface area contributed by atoms with Crippen LogP contribution in [0.15, 0.2) is 29.1 Å². The number of aromatic amines is 1. The summed E-state index contributed by atoms with van der Waals surface area (Å²) in [6.45, 7) is 3.38. The average molecular weight is 334 g/mol. The SMILES string of the molecule is CN(Cc1ccc(F)cc1)C(=O)c1nc(C(C)(C)N)[nH]c(=O)c1O. The molecule has 0 bridgehead atoms. The van der Waals surface area contributed by atoms with E-state index in [2.05, 4.69) is 9.97 Å². The van der Waals surface area contributed by atoms with Crippen molar-refractivity contribution in [3.63, 3.8) is 0 Å². The summed E-state index contributed by atoms with van der Waals surface area (Å²) in [5, 5.41) is 9.87. The number of aromatic hydroxyl groups is 1. The Morgan fingerprint density at radius 3 is 2.50 bits per heavy atom. The van der Waals surface area contributed by atoms with Gasteiger partial charge in [0.15, 0.2) is 5.69 Å². The van der Waals surface area contributed by atoms with E-state index in [-0.39, 0.29) is 23.9 Å². The molecule has 0 aliphatic heterocycles. The van der Waals surface area contributed by atoms with E-state index in [0.29, 0.717) is 5.56 Å². The third-order valence-electron chi connectivity index (χ3n) is 3.39. The Hall–Kier alpha value is -2.74. The van der Waals surface area contributed by atoms with Gasteiger partial charge in [0.2, 0.25) is 5.75 Å². The molecular formula is C16H19FN4O3. The van der Waals surface area contributed by atoms with Gasteiger partial charge in [-0.3, -0.25) is 9.59 Å². The number of carbonyl (C=O) groups excluding carboxylic acids is 1. The van der Waals surface area contributed by atoms with Gasteiger partial charge in [-0.2, -0.15) is 0 Å². The first-order valence-corrected chi connectivity index (χ1v) is 7.22. The summed E-state index contributed by atoms with van der Waals surface area (Å²) in [6.07, 6.45) is 0. The first kappa shape index (κ1) is 17.6. The van der Waals surface area contributed by atoms with E-state index in [1.54, 1.807) is 26.0 Å². The van der Waals surface area contributed by atoms with Crippen molar-refractivity contribution in [1.82, 2.24) is 14.9 Å². The van der Waals surface area contributed by atoms with Crippen LogP contribution in [-0.4, -0.2) is 32.9 Å². The molecule has 0 radical (unpaired) electrons. The van der Waals surface area contributed by atoms with E-state index < -0.39 is 22.8 Å². The number of hydrogen-bond donors (Lipinski definition) is 3. The fourth-order valence-corrected chi connectivity index (χ4v) is 2.04. The number of aromatic nitrogens is 2. The molecule has 0 spiro atoms. The molecule has 0 aliphatic rings. The van der Waals surface area contributed by atoms with Crippen molar-refractivity contribution in [2.75, 3.05) is 7.05 Å². The highest BCUT2D eigenvalue weighted by molar-refractivity contribution is 5.94. The minimum Gasteiger partial charge on any atom is -0.501 e. The van der Waals surface area contributed by atoms with Crippen LogP contribution in [0, 0.1) is 5.82 Å². The van der Waals surface area contributed by atoms with Gasteiger partial charge in [0.05, 0.1) is 5.54 Å². The molecule has 1 aromatic heterocycles. The fourth-order valence-electron chi connectivity index (χ4n) is 2.04. The van der Waals surface area contributed by atoms with Crippen molar-refractivity contribution in [1.29, 1.82) is 0 Å². The second kappa shape index (κ2) is 6.40. The third-order valence-corrected chi connectivity index (χ3v) is 3.39. The second-order valence-electron chi connectivity index (χ2n) is 6.12. The maximum Gasteiger partial charge on any atom is 0.293 e. The van der Waals surface area contributed by atoms with Gasteiger partial charge in [0.1, 0.15) is 11.6 Å². The van der Waals surface area contributed by atoms with E-state index in [1.807, 2.05) is 0 Å². The van der Waals surface area contributed by atoms with Gasteiger partial charge >= 0.3 is 0 Å². The summed E-state index contributed by atoms with van der Waals surface area (Å²) >= 11 is 0. The maximum absolute atomic E-state index is 12.9. The van der Waals surface area contributed by atoms with Gasteiger partial charge in [-0.25, -0.2) is 9.37 Å². The molecule has 8 heteroatoms. The zero-order valence-electron chi connectivity index (χ0n) is 13.6. The Labute approximate surface area is 137 Å². The summed E-state index contributed by atoms with van der Waals surface area (Å²) < 4.78 is 12.9. The van der Waals surface area contributed by atoms with Crippen LogP contribution in [0.5, 0.6) is 5.75 Å². The van der Waals surface area contributed by atoms with E-state index in [9.17, 15) is 19.1 Å². The molecule has 2 rings (SSSR count). The first-order valence-electron chi connectivity index (χ1n) is 7.22. The summed E-state index contributed by atoms with van der Waals surface area (Å²) in [5.41, 5.74) is 4.37. The predicted octanol–water partition coefficient (Wildman–Crippen LogP) is 1.08. The van der Waals surface area contributed by atoms with Crippen molar-refractivity contribution in [2.24, 2.45) is 5.73 Å². The maximum atomic E-state index is 12.9. The van der Waals surface area contributed by atoms with Crippen molar-refractivity contribution in [2.45, 2.75) is 25.9 Å². The van der Waals surface area contributed by atoms with Gasteiger partial charge in [0, 0.05) is 13.6 Å². The van der Waals surface area contributed by atoms with Crippen LogP contribution in [0.2, 0.25) is 0 Å². The van der Waals surface area contributed by atoms with Crippen LogP contribution < -0.4 is 11.3 Å². The van der Waals surface area contributed by atoms with Gasteiger partial charge in [0.25, 0.3) is 11.5 Å². The van der Waals surface area contributed by atoms with E-state index in [0.717, 1.165) is 0 Å². The molecule has 1 amide bonds. The molecule has 24 heavy (non-hydrogen) atoms. The Morgan fingerprint density at radius 1 is 1.38 bits per heavy atom. The molecule has 0 saturated carbocycles. The minimum atomic E-state index is -0.989. The highest BCUT2D eigenvalue weighted by Crippen LogP contribution is 2.17. The molecule has 1 aromatic carbocycles. The Bertz CT molecular complexity index is 810. The van der Waals surface area contributed by atoms with Crippen molar-refractivity contribution in [3.05, 3.63) is 57.5 Å². The monoisotopic (exact) mass is 334 g/mol. The highest BCUT2D eigenvalue weighted by Gasteiger charge is 2.25. The zero-order chi connectivity index (χ0) is 18.1. The molecule has 7 nitrogen and oxygen atoms in total. The van der Waals surface area contributed by atoms with Crippen LogP contribution in [0.3, 0.4) is 0 Å². The molecular weight excluding hydrogens is 315 g/mol. The number of carbonyl (C=O) groups is 1. The number of H-pyrrole nitrogens is 1. The average Bonchev–Trinajstić information content (AvgIpc) is 2.50. The normalized spacial score (nSPS) is 11.4. The molecule has 0 saturated heterocycles. The third kappa shape index (κ3) is 3.77. The molecule has 0 aliphatic carbocycles. The van der Waals surface area contributed by atoms with Crippen LogP contribution >= 0.6 is 0 Å². The zero-order valence-corrected chi connectivity index (χ0v) is 13.6. The van der Waals surface area contributed by atoms with Crippen molar-refractivity contribution in [3.8, 4) is 5.75 Å². The van der Waals surface area contributed by atoms with E-state index >= 15 is 0 Å². The molecule has 1 heterocycles. The summed E-state index contributed by atoms with van der Waals surface area (Å²) in [4.78, 5) is 31.9. The number of nitrogens with zero attached hydrogens (tertiary/aromatic N) is 2. The molecule has 4 N–H and O–H groups in total. The largest absolute Gasteiger partial charge is 0.501 e. The minimum absolute atomic E-state index is 0.0869. The Balaban J connectivity index is 2.33. The molecule has 2 aromatic rings. The fraction of sp³-hybridized carbons (Fsp3) is 0.312. The lowest BCUT2D eigenvalue weighted by atomic mass is 10.1. The number of amides is 1.